The lowest BCUT2D eigenvalue weighted by Crippen LogP contribution is -2.34. The van der Waals surface area contributed by atoms with Crippen LogP contribution in [0.25, 0.3) is 22.4 Å². The van der Waals surface area contributed by atoms with Crippen molar-refractivity contribution in [3.05, 3.63) is 36.4 Å². The zero-order valence-corrected chi connectivity index (χ0v) is 13.7. The molecule has 1 aliphatic heterocycles. The Labute approximate surface area is 144 Å². The van der Waals surface area contributed by atoms with Gasteiger partial charge in [0.1, 0.15) is 17.3 Å². The summed E-state index contributed by atoms with van der Waals surface area (Å²) in [6.45, 7) is 2.56. The predicted molar refractivity (Wildman–Crippen MR) is 93.8 cm³/mol. The number of aliphatic hydroxyl groups excluding tert-OH is 1. The topological polar surface area (TPSA) is 111 Å². The lowest BCUT2D eigenvalue weighted by Gasteiger charge is -2.22. The van der Waals surface area contributed by atoms with Crippen LogP contribution in [0, 0.1) is 0 Å². The molecule has 0 saturated carbocycles. The van der Waals surface area contributed by atoms with Gasteiger partial charge >= 0.3 is 0 Å². The SMILES string of the molecule is Nc1ccc(-c2nc(C3CNCCO3)nc3c2ncn3CCO)cc1. The van der Waals surface area contributed by atoms with Crippen molar-refractivity contribution in [3.63, 3.8) is 0 Å². The molecule has 1 aliphatic rings. The van der Waals surface area contributed by atoms with Crippen molar-refractivity contribution in [2.24, 2.45) is 0 Å². The molecule has 1 unspecified atom stereocenters. The van der Waals surface area contributed by atoms with Crippen LogP contribution in [-0.2, 0) is 11.3 Å². The summed E-state index contributed by atoms with van der Waals surface area (Å²) in [6, 6.07) is 7.52. The van der Waals surface area contributed by atoms with E-state index in [0.29, 0.717) is 42.4 Å². The standard InChI is InChI=1S/C17H20N6O2/c18-12-3-1-11(2-4-12)14-15-17(23(6-7-24)10-20-15)22-16(21-14)13-9-19-5-8-25-13/h1-4,10,13,19,24H,5-9,18H2. The van der Waals surface area contributed by atoms with Crippen molar-refractivity contribution in [2.75, 3.05) is 32.0 Å². The number of fused-ring (bicyclic) bond motifs is 1. The van der Waals surface area contributed by atoms with Crippen LogP contribution < -0.4 is 11.1 Å². The molecule has 2 aromatic heterocycles. The fourth-order valence-electron chi connectivity index (χ4n) is 2.95. The summed E-state index contributed by atoms with van der Waals surface area (Å²) in [5.74, 6) is 0.617. The van der Waals surface area contributed by atoms with E-state index in [1.165, 1.54) is 0 Å². The number of anilines is 1. The van der Waals surface area contributed by atoms with Crippen LogP contribution in [0.15, 0.2) is 30.6 Å². The van der Waals surface area contributed by atoms with Crippen LogP contribution in [0.2, 0.25) is 0 Å². The highest BCUT2D eigenvalue weighted by atomic mass is 16.5. The zero-order valence-electron chi connectivity index (χ0n) is 13.7. The number of nitrogens with zero attached hydrogens (tertiary/aromatic N) is 4. The molecule has 3 heterocycles. The molecular weight excluding hydrogens is 320 g/mol. The summed E-state index contributed by atoms with van der Waals surface area (Å²) in [5, 5.41) is 12.6. The summed E-state index contributed by atoms with van der Waals surface area (Å²) in [5.41, 5.74) is 9.55. The summed E-state index contributed by atoms with van der Waals surface area (Å²) < 4.78 is 7.64. The second-order valence-corrected chi connectivity index (χ2v) is 5.95. The Morgan fingerprint density at radius 1 is 1.28 bits per heavy atom. The smallest absolute Gasteiger partial charge is 0.164 e. The van der Waals surface area contributed by atoms with Gasteiger partial charge in [-0.05, 0) is 12.1 Å². The second-order valence-electron chi connectivity index (χ2n) is 5.95. The van der Waals surface area contributed by atoms with Crippen LogP contribution in [0.5, 0.6) is 0 Å². The molecule has 8 nitrogen and oxygen atoms in total. The number of morpholine rings is 1. The number of imidazole rings is 1. The van der Waals surface area contributed by atoms with Gasteiger partial charge in [0.2, 0.25) is 0 Å². The van der Waals surface area contributed by atoms with E-state index in [1.54, 1.807) is 6.33 Å². The van der Waals surface area contributed by atoms with Gasteiger partial charge in [-0.1, -0.05) is 12.1 Å². The number of nitrogen functional groups attached to an aromatic ring is 1. The van der Waals surface area contributed by atoms with Crippen LogP contribution in [0.3, 0.4) is 0 Å². The Hall–Kier alpha value is -2.55. The van der Waals surface area contributed by atoms with E-state index in [1.807, 2.05) is 28.8 Å². The number of nitrogens with one attached hydrogen (secondary N) is 1. The number of hydrogen-bond donors (Lipinski definition) is 3. The number of nitrogens with two attached hydrogens (primary N) is 1. The fourth-order valence-corrected chi connectivity index (χ4v) is 2.95. The minimum Gasteiger partial charge on any atom is -0.399 e. The van der Waals surface area contributed by atoms with E-state index in [2.05, 4.69) is 15.3 Å². The van der Waals surface area contributed by atoms with Gasteiger partial charge in [-0.3, -0.25) is 0 Å². The van der Waals surface area contributed by atoms with Crippen molar-refractivity contribution >= 4 is 16.9 Å². The second kappa shape index (κ2) is 6.75. The quantitative estimate of drug-likeness (QED) is 0.600. The van der Waals surface area contributed by atoms with Gasteiger partial charge in [0.25, 0.3) is 0 Å². The first kappa shape index (κ1) is 15.9. The highest BCUT2D eigenvalue weighted by Gasteiger charge is 2.22. The third-order valence-electron chi connectivity index (χ3n) is 4.22. The number of rotatable bonds is 4. The molecule has 0 bridgehead atoms. The minimum atomic E-state index is -0.205. The van der Waals surface area contributed by atoms with Gasteiger partial charge in [0, 0.05) is 30.9 Å². The Balaban J connectivity index is 1.88. The van der Waals surface area contributed by atoms with Crippen molar-refractivity contribution < 1.29 is 9.84 Å². The molecular formula is C17H20N6O2. The molecule has 1 aromatic carbocycles. The molecule has 130 valence electrons. The van der Waals surface area contributed by atoms with E-state index in [9.17, 15) is 5.11 Å². The molecule has 0 spiro atoms. The number of benzene rings is 1. The number of aliphatic hydroxyl groups is 1. The zero-order chi connectivity index (χ0) is 17.2. The van der Waals surface area contributed by atoms with Crippen molar-refractivity contribution in [1.82, 2.24) is 24.8 Å². The van der Waals surface area contributed by atoms with Crippen molar-refractivity contribution in [3.8, 4) is 11.3 Å². The van der Waals surface area contributed by atoms with E-state index in [4.69, 9.17) is 15.5 Å². The first-order valence-corrected chi connectivity index (χ1v) is 8.28. The molecule has 25 heavy (non-hydrogen) atoms. The molecule has 0 amide bonds. The highest BCUT2D eigenvalue weighted by molar-refractivity contribution is 5.87. The van der Waals surface area contributed by atoms with E-state index in [-0.39, 0.29) is 12.7 Å². The van der Waals surface area contributed by atoms with E-state index >= 15 is 0 Å². The highest BCUT2D eigenvalue weighted by Crippen LogP contribution is 2.28. The summed E-state index contributed by atoms with van der Waals surface area (Å²) in [4.78, 5) is 13.9. The fraction of sp³-hybridized carbons (Fsp3) is 0.353. The van der Waals surface area contributed by atoms with Gasteiger partial charge in [0.05, 0.1) is 19.5 Å². The molecule has 1 atom stereocenters. The lowest BCUT2D eigenvalue weighted by molar-refractivity contribution is 0.0224. The van der Waals surface area contributed by atoms with Crippen LogP contribution in [0.1, 0.15) is 11.9 Å². The van der Waals surface area contributed by atoms with Gasteiger partial charge in [0.15, 0.2) is 11.5 Å². The minimum absolute atomic E-state index is 0.0173. The Morgan fingerprint density at radius 2 is 2.12 bits per heavy atom. The first-order valence-electron chi connectivity index (χ1n) is 8.28. The third-order valence-corrected chi connectivity index (χ3v) is 4.22. The monoisotopic (exact) mass is 340 g/mol. The van der Waals surface area contributed by atoms with Gasteiger partial charge in [-0.2, -0.15) is 0 Å². The normalized spacial score (nSPS) is 17.9. The first-order chi connectivity index (χ1) is 12.3. The third kappa shape index (κ3) is 3.07. The van der Waals surface area contributed by atoms with Crippen LogP contribution in [-0.4, -0.2) is 50.9 Å². The molecule has 4 rings (SSSR count). The largest absolute Gasteiger partial charge is 0.399 e. The summed E-state index contributed by atoms with van der Waals surface area (Å²) in [7, 11) is 0. The number of hydrogen-bond acceptors (Lipinski definition) is 7. The molecule has 8 heteroatoms. The Kier molecular flexibility index (Phi) is 4.31. The van der Waals surface area contributed by atoms with E-state index in [0.717, 1.165) is 17.8 Å². The van der Waals surface area contributed by atoms with Crippen molar-refractivity contribution in [1.29, 1.82) is 0 Å². The van der Waals surface area contributed by atoms with Crippen LogP contribution in [0.4, 0.5) is 5.69 Å². The molecule has 1 fully saturated rings. The molecule has 0 aliphatic carbocycles. The van der Waals surface area contributed by atoms with Gasteiger partial charge in [-0.25, -0.2) is 15.0 Å². The van der Waals surface area contributed by atoms with E-state index < -0.39 is 0 Å². The van der Waals surface area contributed by atoms with Gasteiger partial charge in [-0.15, -0.1) is 0 Å². The van der Waals surface area contributed by atoms with Gasteiger partial charge < -0.3 is 25.5 Å². The predicted octanol–water partition coefficient (Wildman–Crippen LogP) is 0.729. The lowest BCUT2D eigenvalue weighted by atomic mass is 10.1. The van der Waals surface area contributed by atoms with Crippen LogP contribution >= 0.6 is 0 Å². The molecule has 1 saturated heterocycles. The molecule has 4 N–H and O–H groups in total. The number of ether oxygens (including phenoxy) is 1. The van der Waals surface area contributed by atoms with Crippen molar-refractivity contribution in [2.45, 2.75) is 12.6 Å². The average Bonchev–Trinajstić information content (AvgIpc) is 3.06. The summed E-state index contributed by atoms with van der Waals surface area (Å²) in [6.07, 6.45) is 1.48. The maximum absolute atomic E-state index is 9.29. The average molecular weight is 340 g/mol. The molecule has 3 aromatic rings. The maximum Gasteiger partial charge on any atom is 0.164 e. The molecule has 0 radical (unpaired) electrons. The maximum atomic E-state index is 9.29. The Bertz CT molecular complexity index is 871. The Morgan fingerprint density at radius 3 is 2.84 bits per heavy atom. The number of aromatic nitrogens is 4. The summed E-state index contributed by atoms with van der Waals surface area (Å²) >= 11 is 0.